The largest absolute Gasteiger partial charge is 0.373 e. The second-order valence-corrected chi connectivity index (χ2v) is 8.45. The summed E-state index contributed by atoms with van der Waals surface area (Å²) in [5.41, 5.74) is 3.96. The van der Waals surface area contributed by atoms with Gasteiger partial charge in [0.1, 0.15) is 0 Å². The molecule has 4 heteroatoms. The molecule has 0 aliphatic carbocycles. The minimum absolute atomic E-state index is 0.171. The van der Waals surface area contributed by atoms with Crippen molar-refractivity contribution in [1.82, 2.24) is 9.97 Å². The van der Waals surface area contributed by atoms with Crippen molar-refractivity contribution in [2.24, 2.45) is 0 Å². The number of aromatic nitrogens is 2. The van der Waals surface area contributed by atoms with Crippen LogP contribution in [0, 0.1) is 0 Å². The minimum Gasteiger partial charge on any atom is -0.373 e. The second kappa shape index (κ2) is 7.46. The van der Waals surface area contributed by atoms with Gasteiger partial charge in [-0.15, -0.1) is 0 Å². The van der Waals surface area contributed by atoms with Crippen LogP contribution in [0.3, 0.4) is 0 Å². The Kier molecular flexibility index (Phi) is 4.76. The molecule has 2 heterocycles. The third-order valence-corrected chi connectivity index (χ3v) is 5.46. The van der Waals surface area contributed by atoms with Crippen LogP contribution in [0.15, 0.2) is 48.5 Å². The summed E-state index contributed by atoms with van der Waals surface area (Å²) in [6, 6.07) is 17.1. The molecule has 4 nitrogen and oxygen atoms in total. The molecule has 152 valence electrons. The van der Waals surface area contributed by atoms with Gasteiger partial charge in [0, 0.05) is 21.5 Å². The highest BCUT2D eigenvalue weighted by atomic mass is 16.5. The number of pyridine rings is 2. The van der Waals surface area contributed by atoms with Gasteiger partial charge in [-0.2, -0.15) is 0 Å². The first-order chi connectivity index (χ1) is 14.5. The second-order valence-electron chi connectivity index (χ2n) is 8.45. The molecule has 0 amide bonds. The molecule has 0 aliphatic rings. The Morgan fingerprint density at radius 3 is 1.50 bits per heavy atom. The highest BCUT2D eigenvalue weighted by Gasteiger charge is 2.17. The molecule has 0 atom stereocenters. The molecule has 0 bridgehead atoms. The number of rotatable bonds is 6. The normalized spacial score (nSPS) is 12.5. The fraction of sp³-hybridized carbons (Fsp3) is 0.308. The van der Waals surface area contributed by atoms with Crippen LogP contribution in [0.4, 0.5) is 0 Å². The molecule has 3 aromatic carbocycles. The lowest BCUT2D eigenvalue weighted by molar-refractivity contribution is 0.0636. The van der Waals surface area contributed by atoms with Crippen molar-refractivity contribution in [1.29, 1.82) is 0 Å². The van der Waals surface area contributed by atoms with E-state index in [1.54, 1.807) is 0 Å². The molecule has 0 radical (unpaired) electrons. The lowest BCUT2D eigenvalue weighted by atomic mass is 9.94. The van der Waals surface area contributed by atoms with Gasteiger partial charge in [-0.25, -0.2) is 9.97 Å². The van der Waals surface area contributed by atoms with Crippen molar-refractivity contribution in [3.05, 3.63) is 59.9 Å². The molecule has 0 aliphatic heterocycles. The summed E-state index contributed by atoms with van der Waals surface area (Å²) in [6.07, 6.45) is 0.343. The van der Waals surface area contributed by atoms with Gasteiger partial charge in [0.05, 0.1) is 47.8 Å². The summed E-state index contributed by atoms with van der Waals surface area (Å²) in [7, 11) is 0. The van der Waals surface area contributed by atoms with Crippen molar-refractivity contribution < 1.29 is 9.47 Å². The Balaban J connectivity index is 1.83. The van der Waals surface area contributed by atoms with E-state index in [0.717, 1.165) is 33.2 Å². The molecular formula is C26H26N2O2. The number of ether oxygens (including phenoxy) is 2. The van der Waals surface area contributed by atoms with Crippen LogP contribution in [-0.4, -0.2) is 22.2 Å². The Labute approximate surface area is 176 Å². The molecule has 0 N–H and O–H groups in total. The summed E-state index contributed by atoms with van der Waals surface area (Å²) in [4.78, 5) is 10.1. The zero-order valence-electron chi connectivity index (χ0n) is 17.9. The van der Waals surface area contributed by atoms with E-state index in [0.29, 0.717) is 13.2 Å². The average molecular weight is 399 g/mol. The standard InChI is InChI=1S/C26H26N2O2/c1-15(2)29-13-19-11-17-9-10-18-12-20(14-30-16(3)4)28-26-22-8-6-5-7-21(22)25(27-19)23(17)24(18)26/h5-12,15-16H,13-14H2,1-4H3. The minimum atomic E-state index is 0.171. The van der Waals surface area contributed by atoms with Gasteiger partial charge in [0.25, 0.3) is 0 Å². The molecular weight excluding hydrogens is 372 g/mol. The van der Waals surface area contributed by atoms with Gasteiger partial charge in [0.15, 0.2) is 0 Å². The van der Waals surface area contributed by atoms with Gasteiger partial charge in [-0.05, 0) is 50.6 Å². The number of fused-ring (bicyclic) bond motifs is 3. The lowest BCUT2D eigenvalue weighted by Crippen LogP contribution is -2.05. The van der Waals surface area contributed by atoms with E-state index in [4.69, 9.17) is 19.4 Å². The number of hydrogen-bond acceptors (Lipinski definition) is 4. The summed E-state index contributed by atoms with van der Waals surface area (Å²) in [5.74, 6) is 0. The first kappa shape index (κ1) is 19.2. The molecule has 0 saturated carbocycles. The van der Waals surface area contributed by atoms with Gasteiger partial charge in [-0.1, -0.05) is 36.4 Å². The maximum atomic E-state index is 5.84. The topological polar surface area (TPSA) is 44.2 Å². The Morgan fingerprint density at radius 2 is 1.10 bits per heavy atom. The Bertz CT molecular complexity index is 1250. The third-order valence-electron chi connectivity index (χ3n) is 5.46. The molecule has 30 heavy (non-hydrogen) atoms. The molecule has 5 rings (SSSR count). The predicted octanol–water partition coefficient (Wildman–Crippen LogP) is 6.38. The number of benzene rings is 3. The van der Waals surface area contributed by atoms with Crippen molar-refractivity contribution in [3.63, 3.8) is 0 Å². The van der Waals surface area contributed by atoms with Gasteiger partial charge in [0.2, 0.25) is 0 Å². The average Bonchev–Trinajstić information content (AvgIpc) is 2.74. The maximum absolute atomic E-state index is 5.84. The Morgan fingerprint density at radius 1 is 0.667 bits per heavy atom. The number of nitrogens with zero attached hydrogens (tertiary/aromatic N) is 2. The fourth-order valence-corrected chi connectivity index (χ4v) is 4.15. The molecule has 0 saturated heterocycles. The molecule has 0 spiro atoms. The van der Waals surface area contributed by atoms with Gasteiger partial charge in [-0.3, -0.25) is 0 Å². The van der Waals surface area contributed by atoms with Gasteiger partial charge < -0.3 is 9.47 Å². The molecule has 0 unspecified atom stereocenters. The van der Waals surface area contributed by atoms with Crippen LogP contribution in [0.2, 0.25) is 0 Å². The van der Waals surface area contributed by atoms with Crippen molar-refractivity contribution in [2.45, 2.75) is 53.1 Å². The van der Waals surface area contributed by atoms with E-state index in [1.807, 2.05) is 27.7 Å². The zero-order chi connectivity index (χ0) is 20.8. The van der Waals surface area contributed by atoms with E-state index >= 15 is 0 Å². The quantitative estimate of drug-likeness (QED) is 0.246. The van der Waals surface area contributed by atoms with Crippen molar-refractivity contribution >= 4 is 43.4 Å². The zero-order valence-corrected chi connectivity index (χ0v) is 17.9. The lowest BCUT2D eigenvalue weighted by Gasteiger charge is -2.16. The first-order valence-electron chi connectivity index (χ1n) is 10.6. The monoisotopic (exact) mass is 398 g/mol. The first-order valence-corrected chi connectivity index (χ1v) is 10.6. The molecule has 0 fully saturated rings. The van der Waals surface area contributed by atoms with E-state index in [1.165, 1.54) is 21.5 Å². The molecule has 5 aromatic rings. The summed E-state index contributed by atoms with van der Waals surface area (Å²) in [6.45, 7) is 9.21. The fourth-order valence-electron chi connectivity index (χ4n) is 4.15. The highest BCUT2D eigenvalue weighted by molar-refractivity contribution is 6.31. The highest BCUT2D eigenvalue weighted by Crippen LogP contribution is 2.39. The van der Waals surface area contributed by atoms with Crippen LogP contribution in [-0.2, 0) is 22.7 Å². The summed E-state index contributed by atoms with van der Waals surface area (Å²) < 4.78 is 11.7. The smallest absolute Gasteiger partial charge is 0.0891 e. The van der Waals surface area contributed by atoms with Crippen LogP contribution >= 0.6 is 0 Å². The van der Waals surface area contributed by atoms with Crippen LogP contribution in [0.1, 0.15) is 39.1 Å². The van der Waals surface area contributed by atoms with E-state index < -0.39 is 0 Å². The van der Waals surface area contributed by atoms with Crippen LogP contribution in [0.5, 0.6) is 0 Å². The van der Waals surface area contributed by atoms with Crippen LogP contribution < -0.4 is 0 Å². The number of hydrogen-bond donors (Lipinski definition) is 0. The van der Waals surface area contributed by atoms with Crippen molar-refractivity contribution in [2.75, 3.05) is 0 Å². The van der Waals surface area contributed by atoms with E-state index in [9.17, 15) is 0 Å². The maximum Gasteiger partial charge on any atom is 0.0891 e. The summed E-state index contributed by atoms with van der Waals surface area (Å²) in [5, 5.41) is 6.97. The Hall–Kier alpha value is -2.82. The van der Waals surface area contributed by atoms with Gasteiger partial charge >= 0.3 is 0 Å². The van der Waals surface area contributed by atoms with E-state index in [-0.39, 0.29) is 12.2 Å². The van der Waals surface area contributed by atoms with Crippen LogP contribution in [0.25, 0.3) is 43.4 Å². The predicted molar refractivity (Wildman–Crippen MR) is 123 cm³/mol. The third kappa shape index (κ3) is 3.26. The molecule has 2 aromatic heterocycles. The summed E-state index contributed by atoms with van der Waals surface area (Å²) >= 11 is 0. The van der Waals surface area contributed by atoms with E-state index in [2.05, 4.69) is 48.5 Å². The SMILES string of the molecule is CC(C)OCc1cc2ccc3cc(COC(C)C)nc4c5ccccc5c(n1)c2c34. The van der Waals surface area contributed by atoms with Crippen molar-refractivity contribution in [3.8, 4) is 0 Å².